The Morgan fingerprint density at radius 2 is 1.76 bits per heavy atom. The van der Waals surface area contributed by atoms with E-state index in [0.29, 0.717) is 22.5 Å². The van der Waals surface area contributed by atoms with Gasteiger partial charge in [-0.1, -0.05) is 30.8 Å². The predicted molar refractivity (Wildman–Crippen MR) is 113 cm³/mol. The van der Waals surface area contributed by atoms with Crippen LogP contribution in [0.4, 0.5) is 24.5 Å². The minimum Gasteiger partial charge on any atom is -0.361 e. The Morgan fingerprint density at radius 1 is 1.10 bits per heavy atom. The molecule has 0 aliphatic heterocycles. The average molecular weight is 400 g/mol. The fourth-order valence-electron chi connectivity index (χ4n) is 2.43. The van der Waals surface area contributed by atoms with Gasteiger partial charge in [-0.2, -0.15) is 13.2 Å². The van der Waals surface area contributed by atoms with Crippen molar-refractivity contribution < 1.29 is 13.2 Å². The van der Waals surface area contributed by atoms with Crippen molar-refractivity contribution in [3.63, 3.8) is 0 Å². The third-order valence-corrected chi connectivity index (χ3v) is 4.07. The molecule has 7 heteroatoms. The summed E-state index contributed by atoms with van der Waals surface area (Å²) in [6.07, 6.45) is -1.21. The van der Waals surface area contributed by atoms with Gasteiger partial charge >= 0.3 is 6.18 Å². The zero-order valence-electron chi connectivity index (χ0n) is 16.0. The van der Waals surface area contributed by atoms with Gasteiger partial charge in [0.05, 0.1) is 17.0 Å². The van der Waals surface area contributed by atoms with Crippen LogP contribution in [0.25, 0.3) is 0 Å². The van der Waals surface area contributed by atoms with Gasteiger partial charge in [-0.05, 0) is 54.5 Å². The predicted octanol–water partition coefficient (Wildman–Crippen LogP) is 5.55. The van der Waals surface area contributed by atoms with Gasteiger partial charge in [0.25, 0.3) is 0 Å². The molecule has 0 bridgehead atoms. The highest BCUT2D eigenvalue weighted by atomic mass is 19.4. The van der Waals surface area contributed by atoms with Gasteiger partial charge in [0.2, 0.25) is 0 Å². The van der Waals surface area contributed by atoms with E-state index in [1.807, 2.05) is 30.3 Å². The van der Waals surface area contributed by atoms with Gasteiger partial charge < -0.3 is 16.4 Å². The summed E-state index contributed by atoms with van der Waals surface area (Å²) < 4.78 is 38.5. The highest BCUT2D eigenvalue weighted by Crippen LogP contribution is 2.30. The summed E-state index contributed by atoms with van der Waals surface area (Å²) in [7, 11) is 0. The van der Waals surface area contributed by atoms with E-state index in [1.165, 1.54) is 18.3 Å². The van der Waals surface area contributed by atoms with E-state index in [1.54, 1.807) is 13.0 Å². The van der Waals surface area contributed by atoms with Gasteiger partial charge in [0.15, 0.2) is 0 Å². The summed E-state index contributed by atoms with van der Waals surface area (Å²) in [5, 5.41) is 14.4. The van der Waals surface area contributed by atoms with Crippen LogP contribution in [0.2, 0.25) is 0 Å². The Bertz CT molecular complexity index is 929. The summed E-state index contributed by atoms with van der Waals surface area (Å²) in [5.41, 5.74) is 7.62. The summed E-state index contributed by atoms with van der Waals surface area (Å²) in [6, 6.07) is 14.2. The lowest BCUT2D eigenvalue weighted by Crippen LogP contribution is -2.15. The molecule has 5 N–H and O–H groups in total. The first kappa shape index (κ1) is 22.0. The van der Waals surface area contributed by atoms with Gasteiger partial charge in [-0.25, -0.2) is 0 Å². The Kier molecular flexibility index (Phi) is 7.39. The van der Waals surface area contributed by atoms with E-state index >= 15 is 0 Å². The third kappa shape index (κ3) is 6.36. The number of halogens is 3. The molecule has 0 saturated carbocycles. The Hall–Kier alpha value is -3.32. The standard InChI is InChI=1S/C22H23F3N4/c1-15(14-28-19-10-6-7-17(13-19)22(23,24)25)16(2)21(27)20(11-12-26)29-18-8-4-3-5-9-18/h3-11,13-14,27-29H,2,12,26H2,1H3/b15-14-,20-11-,27-21?. The first-order valence-corrected chi connectivity index (χ1v) is 8.84. The summed E-state index contributed by atoms with van der Waals surface area (Å²) in [6.45, 7) is 5.89. The van der Waals surface area contributed by atoms with Crippen molar-refractivity contribution in [1.29, 1.82) is 5.41 Å². The molecule has 0 spiro atoms. The van der Waals surface area contributed by atoms with E-state index in [4.69, 9.17) is 11.1 Å². The molecular formula is C22H23F3N4. The van der Waals surface area contributed by atoms with Crippen LogP contribution in [0, 0.1) is 5.41 Å². The first-order valence-electron chi connectivity index (χ1n) is 8.84. The van der Waals surface area contributed by atoms with E-state index < -0.39 is 11.7 Å². The first-order chi connectivity index (χ1) is 13.7. The van der Waals surface area contributed by atoms with E-state index in [9.17, 15) is 13.2 Å². The van der Waals surface area contributed by atoms with E-state index in [0.717, 1.165) is 17.8 Å². The molecule has 152 valence electrons. The molecule has 29 heavy (non-hydrogen) atoms. The van der Waals surface area contributed by atoms with Gasteiger partial charge in [0, 0.05) is 24.1 Å². The molecule has 0 amide bonds. The molecule has 2 aromatic rings. The number of allylic oxidation sites excluding steroid dienone is 2. The second-order valence-corrected chi connectivity index (χ2v) is 6.25. The molecule has 2 rings (SSSR count). The van der Waals surface area contributed by atoms with Crippen LogP contribution in [0.3, 0.4) is 0 Å². The lowest BCUT2D eigenvalue weighted by Gasteiger charge is -2.15. The van der Waals surface area contributed by atoms with E-state index in [-0.39, 0.29) is 12.3 Å². The van der Waals surface area contributed by atoms with Crippen molar-refractivity contribution in [3.8, 4) is 0 Å². The average Bonchev–Trinajstić information content (AvgIpc) is 2.71. The minimum absolute atomic E-state index is 0.138. The summed E-state index contributed by atoms with van der Waals surface area (Å²) >= 11 is 0. The number of nitrogens with one attached hydrogen (secondary N) is 3. The molecule has 0 unspecified atom stereocenters. The highest BCUT2D eigenvalue weighted by Gasteiger charge is 2.30. The van der Waals surface area contributed by atoms with Crippen molar-refractivity contribution in [1.82, 2.24) is 0 Å². The molecule has 4 nitrogen and oxygen atoms in total. The molecule has 2 aromatic carbocycles. The van der Waals surface area contributed by atoms with Crippen LogP contribution in [-0.2, 0) is 6.18 Å². The normalized spacial score (nSPS) is 12.4. The maximum Gasteiger partial charge on any atom is 0.416 e. The molecule has 0 heterocycles. The Morgan fingerprint density at radius 3 is 2.38 bits per heavy atom. The fourth-order valence-corrected chi connectivity index (χ4v) is 2.43. The maximum atomic E-state index is 12.8. The monoisotopic (exact) mass is 400 g/mol. The molecule has 0 aliphatic carbocycles. The number of benzene rings is 2. The Labute approximate surface area is 168 Å². The third-order valence-electron chi connectivity index (χ3n) is 4.07. The minimum atomic E-state index is -4.41. The van der Waals surface area contributed by atoms with Crippen molar-refractivity contribution in [3.05, 3.63) is 95.9 Å². The van der Waals surface area contributed by atoms with Crippen LogP contribution in [0.15, 0.2) is 90.3 Å². The molecule has 0 radical (unpaired) electrons. The lowest BCUT2D eigenvalue weighted by molar-refractivity contribution is -0.137. The SMILES string of the molecule is C=C(C(=N)/C(=C/CN)Nc1ccccc1)/C(C)=C\Nc1cccc(C(F)(F)F)c1. The van der Waals surface area contributed by atoms with Crippen LogP contribution < -0.4 is 16.4 Å². The molecule has 0 fully saturated rings. The smallest absolute Gasteiger partial charge is 0.361 e. The summed E-state index contributed by atoms with van der Waals surface area (Å²) in [5.74, 6) is 0. The number of rotatable bonds is 8. The van der Waals surface area contributed by atoms with Crippen LogP contribution in [0.5, 0.6) is 0 Å². The topological polar surface area (TPSA) is 73.9 Å². The number of nitrogens with two attached hydrogens (primary N) is 1. The van der Waals surface area contributed by atoms with Gasteiger partial charge in [-0.3, -0.25) is 5.41 Å². The highest BCUT2D eigenvalue weighted by molar-refractivity contribution is 6.14. The molecular weight excluding hydrogens is 377 g/mol. The maximum absolute atomic E-state index is 12.8. The van der Waals surface area contributed by atoms with Crippen LogP contribution in [-0.4, -0.2) is 12.3 Å². The molecule has 0 atom stereocenters. The van der Waals surface area contributed by atoms with Crippen molar-refractivity contribution in [2.75, 3.05) is 17.2 Å². The zero-order chi connectivity index (χ0) is 21.4. The molecule has 0 aliphatic rings. The van der Waals surface area contributed by atoms with Crippen molar-refractivity contribution in [2.45, 2.75) is 13.1 Å². The van der Waals surface area contributed by atoms with Crippen molar-refractivity contribution >= 4 is 17.1 Å². The second kappa shape index (κ2) is 9.75. The zero-order valence-corrected chi connectivity index (χ0v) is 16.0. The second-order valence-electron chi connectivity index (χ2n) is 6.25. The van der Waals surface area contributed by atoms with Crippen molar-refractivity contribution in [2.24, 2.45) is 5.73 Å². The molecule has 0 aromatic heterocycles. The largest absolute Gasteiger partial charge is 0.416 e. The van der Waals surface area contributed by atoms with Gasteiger partial charge in [0.1, 0.15) is 0 Å². The Balaban J connectivity index is 2.13. The summed E-state index contributed by atoms with van der Waals surface area (Å²) in [4.78, 5) is 0. The fraction of sp³-hybridized carbons (Fsp3) is 0.136. The van der Waals surface area contributed by atoms with Crippen LogP contribution in [0.1, 0.15) is 12.5 Å². The quantitative estimate of drug-likeness (QED) is 0.347. The number of anilines is 2. The van der Waals surface area contributed by atoms with Crippen LogP contribution >= 0.6 is 0 Å². The molecule has 0 saturated heterocycles. The number of alkyl halides is 3. The van der Waals surface area contributed by atoms with Gasteiger partial charge in [-0.15, -0.1) is 0 Å². The lowest BCUT2D eigenvalue weighted by atomic mass is 10.0. The number of para-hydroxylation sites is 1. The number of hydrogen-bond donors (Lipinski definition) is 4. The number of hydrogen-bond acceptors (Lipinski definition) is 4. The van der Waals surface area contributed by atoms with E-state index in [2.05, 4.69) is 17.2 Å².